The van der Waals surface area contributed by atoms with Gasteiger partial charge in [0, 0.05) is 10.8 Å². The second-order valence-electron chi connectivity index (χ2n) is 4.52. The summed E-state index contributed by atoms with van der Waals surface area (Å²) in [6, 6.07) is 0. The van der Waals surface area contributed by atoms with E-state index in [1.807, 2.05) is 0 Å². The van der Waals surface area contributed by atoms with Crippen LogP contribution in [0.2, 0.25) is 0 Å². The standard InChI is InChI=1S/C12H16ClNO4S2/c1-18-12(15)10-8-4-2-3-5-9(8)19-11(10)14-20(16,17)7-6-13/h14H,2-7H2,1H3. The van der Waals surface area contributed by atoms with Gasteiger partial charge in [-0.15, -0.1) is 22.9 Å². The molecule has 0 radical (unpaired) electrons. The molecular formula is C12H16ClNO4S2. The van der Waals surface area contributed by atoms with Gasteiger partial charge in [0.1, 0.15) is 5.00 Å². The molecule has 0 saturated carbocycles. The third kappa shape index (κ3) is 3.27. The number of esters is 1. The van der Waals surface area contributed by atoms with E-state index < -0.39 is 16.0 Å². The maximum absolute atomic E-state index is 11.9. The first kappa shape index (κ1) is 15.6. The predicted octanol–water partition coefficient (Wildman–Crippen LogP) is 2.39. The molecule has 0 aromatic carbocycles. The fourth-order valence-corrected chi connectivity index (χ4v) is 5.23. The molecule has 0 bridgehead atoms. The monoisotopic (exact) mass is 337 g/mol. The highest BCUT2D eigenvalue weighted by molar-refractivity contribution is 7.93. The predicted molar refractivity (Wildman–Crippen MR) is 80.4 cm³/mol. The topological polar surface area (TPSA) is 72.5 Å². The van der Waals surface area contributed by atoms with E-state index in [0.29, 0.717) is 10.6 Å². The molecular weight excluding hydrogens is 322 g/mol. The van der Waals surface area contributed by atoms with Crippen molar-refractivity contribution < 1.29 is 17.9 Å². The highest BCUT2D eigenvalue weighted by atomic mass is 35.5. The van der Waals surface area contributed by atoms with Crippen LogP contribution < -0.4 is 4.72 Å². The van der Waals surface area contributed by atoms with Gasteiger partial charge in [-0.3, -0.25) is 4.72 Å². The Kier molecular flexibility index (Phi) is 4.93. The lowest BCUT2D eigenvalue weighted by molar-refractivity contribution is 0.0601. The minimum atomic E-state index is -3.53. The molecule has 0 amide bonds. The Morgan fingerprint density at radius 2 is 2.10 bits per heavy atom. The lowest BCUT2D eigenvalue weighted by Crippen LogP contribution is -2.19. The third-order valence-corrected chi connectivity index (χ3v) is 6.16. The van der Waals surface area contributed by atoms with Crippen LogP contribution in [0.1, 0.15) is 33.6 Å². The molecule has 112 valence electrons. The number of hydrogen-bond acceptors (Lipinski definition) is 5. The van der Waals surface area contributed by atoms with Crippen molar-refractivity contribution in [2.75, 3.05) is 23.5 Å². The van der Waals surface area contributed by atoms with Gasteiger partial charge in [-0.1, -0.05) is 0 Å². The number of sulfonamides is 1. The summed E-state index contributed by atoms with van der Waals surface area (Å²) in [5.74, 6) is -0.668. The fraction of sp³-hybridized carbons (Fsp3) is 0.583. The van der Waals surface area contributed by atoms with Gasteiger partial charge in [0.2, 0.25) is 10.0 Å². The molecule has 2 rings (SSSR count). The second kappa shape index (κ2) is 6.32. The van der Waals surface area contributed by atoms with Crippen molar-refractivity contribution in [3.8, 4) is 0 Å². The summed E-state index contributed by atoms with van der Waals surface area (Å²) in [5, 5.41) is 0.355. The number of aryl methyl sites for hydroxylation is 1. The van der Waals surface area contributed by atoms with Crippen LogP contribution in [0.5, 0.6) is 0 Å². The largest absolute Gasteiger partial charge is 0.465 e. The number of anilines is 1. The maximum atomic E-state index is 11.9. The molecule has 20 heavy (non-hydrogen) atoms. The number of carbonyl (C=O) groups is 1. The Bertz CT molecular complexity index is 609. The summed E-state index contributed by atoms with van der Waals surface area (Å²) in [7, 11) is -2.23. The lowest BCUT2D eigenvalue weighted by atomic mass is 9.95. The molecule has 1 heterocycles. The molecule has 1 aliphatic carbocycles. The van der Waals surface area contributed by atoms with Crippen LogP contribution in [0.3, 0.4) is 0 Å². The van der Waals surface area contributed by atoms with Crippen molar-refractivity contribution in [2.24, 2.45) is 0 Å². The molecule has 8 heteroatoms. The fourth-order valence-electron chi connectivity index (χ4n) is 2.25. The average Bonchev–Trinajstić information content (AvgIpc) is 2.74. The number of methoxy groups -OCH3 is 1. The zero-order valence-corrected chi connectivity index (χ0v) is 13.5. The van der Waals surface area contributed by atoms with E-state index in [1.165, 1.54) is 18.4 Å². The number of fused-ring (bicyclic) bond motifs is 1. The Morgan fingerprint density at radius 3 is 2.75 bits per heavy atom. The van der Waals surface area contributed by atoms with Crippen molar-refractivity contribution in [3.63, 3.8) is 0 Å². The molecule has 1 aromatic rings. The van der Waals surface area contributed by atoms with Crippen LogP contribution in [0.15, 0.2) is 0 Å². The molecule has 0 saturated heterocycles. The van der Waals surface area contributed by atoms with Crippen LogP contribution in [0.25, 0.3) is 0 Å². The quantitative estimate of drug-likeness (QED) is 0.661. The third-order valence-electron chi connectivity index (χ3n) is 3.15. The van der Waals surface area contributed by atoms with Crippen molar-refractivity contribution in [3.05, 3.63) is 16.0 Å². The first-order chi connectivity index (χ1) is 9.48. The van der Waals surface area contributed by atoms with Crippen molar-refractivity contribution >= 4 is 43.9 Å². The van der Waals surface area contributed by atoms with E-state index in [9.17, 15) is 13.2 Å². The van der Waals surface area contributed by atoms with Gasteiger partial charge in [-0.05, 0) is 31.2 Å². The van der Waals surface area contributed by atoms with E-state index >= 15 is 0 Å². The zero-order chi connectivity index (χ0) is 14.8. The number of nitrogens with one attached hydrogen (secondary N) is 1. The van der Waals surface area contributed by atoms with Crippen molar-refractivity contribution in [2.45, 2.75) is 25.7 Å². The molecule has 0 unspecified atom stereocenters. The SMILES string of the molecule is COC(=O)c1c(NS(=O)(=O)CCCl)sc2c1CCCC2. The number of hydrogen-bond donors (Lipinski definition) is 1. The molecule has 0 atom stereocenters. The molecule has 0 aliphatic heterocycles. The van der Waals surface area contributed by atoms with Crippen LogP contribution in [-0.2, 0) is 27.6 Å². The highest BCUT2D eigenvalue weighted by Gasteiger charge is 2.27. The maximum Gasteiger partial charge on any atom is 0.341 e. The van der Waals surface area contributed by atoms with Gasteiger partial charge in [-0.2, -0.15) is 0 Å². The molecule has 1 N–H and O–H groups in total. The zero-order valence-electron chi connectivity index (χ0n) is 11.1. The van der Waals surface area contributed by atoms with Gasteiger partial charge >= 0.3 is 5.97 Å². The van der Waals surface area contributed by atoms with Gasteiger partial charge in [-0.25, -0.2) is 13.2 Å². The van der Waals surface area contributed by atoms with E-state index in [1.54, 1.807) is 0 Å². The molecule has 5 nitrogen and oxygen atoms in total. The van der Waals surface area contributed by atoms with Gasteiger partial charge < -0.3 is 4.74 Å². The van der Waals surface area contributed by atoms with E-state index in [2.05, 4.69) is 4.72 Å². The Morgan fingerprint density at radius 1 is 1.40 bits per heavy atom. The smallest absolute Gasteiger partial charge is 0.341 e. The van der Waals surface area contributed by atoms with E-state index in [0.717, 1.165) is 36.1 Å². The summed E-state index contributed by atoms with van der Waals surface area (Å²) < 4.78 is 30.9. The molecule has 0 fully saturated rings. The van der Waals surface area contributed by atoms with Crippen molar-refractivity contribution in [1.82, 2.24) is 0 Å². The number of thiophene rings is 1. The number of alkyl halides is 1. The normalized spacial score (nSPS) is 14.7. The van der Waals surface area contributed by atoms with Gasteiger partial charge in [0.15, 0.2) is 0 Å². The van der Waals surface area contributed by atoms with Crippen molar-refractivity contribution in [1.29, 1.82) is 0 Å². The summed E-state index contributed by atoms with van der Waals surface area (Å²) in [6.45, 7) is 0. The minimum absolute atomic E-state index is 0.00792. The molecule has 1 aliphatic rings. The Hall–Kier alpha value is -0.790. The Balaban J connectivity index is 2.42. The number of halogens is 1. The number of carbonyl (C=O) groups excluding carboxylic acids is 1. The average molecular weight is 338 g/mol. The van der Waals surface area contributed by atoms with Gasteiger partial charge in [0.05, 0.1) is 18.4 Å². The highest BCUT2D eigenvalue weighted by Crippen LogP contribution is 2.38. The Labute approximate surface area is 127 Å². The first-order valence-corrected chi connectivity index (χ1v) is 9.28. The lowest BCUT2D eigenvalue weighted by Gasteiger charge is -2.11. The summed E-state index contributed by atoms with van der Waals surface area (Å²) in [6.07, 6.45) is 3.72. The van der Waals surface area contributed by atoms with Crippen LogP contribution in [0.4, 0.5) is 5.00 Å². The van der Waals surface area contributed by atoms with Crippen LogP contribution in [-0.4, -0.2) is 33.1 Å². The summed E-state index contributed by atoms with van der Waals surface area (Å²) >= 11 is 6.80. The van der Waals surface area contributed by atoms with Crippen LogP contribution in [0, 0.1) is 0 Å². The molecule has 0 spiro atoms. The minimum Gasteiger partial charge on any atom is -0.465 e. The van der Waals surface area contributed by atoms with Crippen LogP contribution >= 0.6 is 22.9 Å². The summed E-state index contributed by atoms with van der Waals surface area (Å²) in [5.41, 5.74) is 1.29. The number of rotatable bonds is 5. The summed E-state index contributed by atoms with van der Waals surface area (Å²) in [4.78, 5) is 13.0. The second-order valence-corrected chi connectivity index (χ2v) is 7.84. The first-order valence-electron chi connectivity index (χ1n) is 6.28. The molecule has 1 aromatic heterocycles. The van der Waals surface area contributed by atoms with E-state index in [4.69, 9.17) is 16.3 Å². The van der Waals surface area contributed by atoms with Gasteiger partial charge in [0.25, 0.3) is 0 Å². The van der Waals surface area contributed by atoms with E-state index in [-0.39, 0.29) is 11.6 Å². The number of ether oxygens (including phenoxy) is 1.